The third kappa shape index (κ3) is 5.19. The standard InChI is InChI=1S/C27H30F2N6O2/c1-17(2)35-10-11-37-27-22(28)12-19(13-24(27)35)26-23(29)16-31-25(32-26)14-20-4-5-21(15-30-20)34-8-6-33(7-9-34)18(3)36/h4-5,12-13,15-17H,6-11,14H2,1-3H3. The Balaban J connectivity index is 1.35. The van der Waals surface area contributed by atoms with E-state index >= 15 is 0 Å². The van der Waals surface area contributed by atoms with E-state index in [1.807, 2.05) is 35.8 Å². The van der Waals surface area contributed by atoms with Gasteiger partial charge in [-0.15, -0.1) is 0 Å². The molecule has 2 aromatic heterocycles. The van der Waals surface area contributed by atoms with Crippen LogP contribution in [0.3, 0.4) is 0 Å². The SMILES string of the molecule is CC(=O)N1CCN(c2ccc(Cc3ncc(F)c(-c4cc(F)c5c(c4)N(C(C)C)CCO5)n3)nc2)CC1. The average molecular weight is 509 g/mol. The Morgan fingerprint density at radius 1 is 1.03 bits per heavy atom. The lowest BCUT2D eigenvalue weighted by Gasteiger charge is -2.35. The van der Waals surface area contributed by atoms with Gasteiger partial charge in [-0.2, -0.15) is 0 Å². The van der Waals surface area contributed by atoms with Crippen molar-refractivity contribution in [2.45, 2.75) is 33.2 Å². The highest BCUT2D eigenvalue weighted by atomic mass is 19.1. The van der Waals surface area contributed by atoms with Crippen LogP contribution in [0.5, 0.6) is 5.75 Å². The second-order valence-electron chi connectivity index (χ2n) is 9.60. The first-order chi connectivity index (χ1) is 17.8. The third-order valence-electron chi connectivity index (χ3n) is 6.84. The average Bonchev–Trinajstić information content (AvgIpc) is 2.90. The van der Waals surface area contributed by atoms with Gasteiger partial charge < -0.3 is 19.4 Å². The van der Waals surface area contributed by atoms with Crippen LogP contribution in [0, 0.1) is 11.6 Å². The number of hydrogen-bond donors (Lipinski definition) is 0. The number of carbonyl (C=O) groups excluding carboxylic acids is 1. The molecule has 5 rings (SSSR count). The molecule has 1 amide bonds. The Morgan fingerprint density at radius 3 is 2.49 bits per heavy atom. The Kier molecular flexibility index (Phi) is 6.90. The number of ether oxygens (including phenoxy) is 1. The quantitative estimate of drug-likeness (QED) is 0.521. The predicted octanol–water partition coefficient (Wildman–Crippen LogP) is 3.68. The van der Waals surface area contributed by atoms with E-state index < -0.39 is 11.6 Å². The smallest absolute Gasteiger partial charge is 0.219 e. The molecule has 1 fully saturated rings. The first-order valence-electron chi connectivity index (χ1n) is 12.5. The highest BCUT2D eigenvalue weighted by Crippen LogP contribution is 2.39. The number of anilines is 2. The van der Waals surface area contributed by atoms with Gasteiger partial charge in [0.05, 0.1) is 36.7 Å². The molecule has 1 aromatic carbocycles. The largest absolute Gasteiger partial charge is 0.486 e. The zero-order valence-corrected chi connectivity index (χ0v) is 21.2. The van der Waals surface area contributed by atoms with Crippen molar-refractivity contribution in [2.75, 3.05) is 49.1 Å². The van der Waals surface area contributed by atoms with Crippen LogP contribution in [0.15, 0.2) is 36.7 Å². The fraction of sp³-hybridized carbons (Fsp3) is 0.407. The Labute approximate surface area is 214 Å². The lowest BCUT2D eigenvalue weighted by atomic mass is 10.1. The Bertz CT molecular complexity index is 1290. The molecule has 1 saturated heterocycles. The zero-order valence-electron chi connectivity index (χ0n) is 21.2. The fourth-order valence-corrected chi connectivity index (χ4v) is 4.82. The summed E-state index contributed by atoms with van der Waals surface area (Å²) < 4.78 is 35.3. The van der Waals surface area contributed by atoms with Crippen LogP contribution < -0.4 is 14.5 Å². The van der Waals surface area contributed by atoms with Gasteiger partial charge in [0.15, 0.2) is 17.4 Å². The van der Waals surface area contributed by atoms with Gasteiger partial charge in [-0.3, -0.25) is 9.78 Å². The van der Waals surface area contributed by atoms with Crippen molar-refractivity contribution in [3.8, 4) is 17.0 Å². The maximum absolute atomic E-state index is 14.9. The van der Waals surface area contributed by atoms with Crippen LogP contribution in [0.1, 0.15) is 32.3 Å². The fourth-order valence-electron chi connectivity index (χ4n) is 4.82. The highest BCUT2D eigenvalue weighted by molar-refractivity contribution is 5.74. The van der Waals surface area contributed by atoms with Crippen molar-refractivity contribution in [3.63, 3.8) is 0 Å². The summed E-state index contributed by atoms with van der Waals surface area (Å²) in [6.45, 7) is 9.53. The summed E-state index contributed by atoms with van der Waals surface area (Å²) in [5.41, 5.74) is 2.69. The topological polar surface area (TPSA) is 74.7 Å². The van der Waals surface area contributed by atoms with Gasteiger partial charge in [0.2, 0.25) is 5.91 Å². The van der Waals surface area contributed by atoms with E-state index in [0.29, 0.717) is 49.7 Å². The molecule has 37 heavy (non-hydrogen) atoms. The van der Waals surface area contributed by atoms with Crippen LogP contribution in [-0.2, 0) is 11.2 Å². The summed E-state index contributed by atoms with van der Waals surface area (Å²) in [4.78, 5) is 30.8. The normalized spacial score (nSPS) is 15.6. The number of aromatic nitrogens is 3. The van der Waals surface area contributed by atoms with Crippen molar-refractivity contribution in [1.82, 2.24) is 19.9 Å². The van der Waals surface area contributed by atoms with Crippen molar-refractivity contribution in [1.29, 1.82) is 0 Å². The third-order valence-corrected chi connectivity index (χ3v) is 6.84. The molecule has 0 aliphatic carbocycles. The number of hydrogen-bond acceptors (Lipinski definition) is 7. The molecular weight excluding hydrogens is 478 g/mol. The summed E-state index contributed by atoms with van der Waals surface area (Å²) in [6.07, 6.45) is 3.22. The Morgan fingerprint density at radius 2 is 1.81 bits per heavy atom. The van der Waals surface area contributed by atoms with Crippen LogP contribution in [0.2, 0.25) is 0 Å². The van der Waals surface area contributed by atoms with E-state index in [-0.39, 0.29) is 23.4 Å². The van der Waals surface area contributed by atoms with E-state index in [4.69, 9.17) is 4.74 Å². The number of piperazine rings is 1. The second-order valence-corrected chi connectivity index (χ2v) is 9.60. The monoisotopic (exact) mass is 508 g/mol. The lowest BCUT2D eigenvalue weighted by molar-refractivity contribution is -0.129. The highest BCUT2D eigenvalue weighted by Gasteiger charge is 2.26. The van der Waals surface area contributed by atoms with E-state index in [9.17, 15) is 13.6 Å². The van der Waals surface area contributed by atoms with Gasteiger partial charge in [-0.25, -0.2) is 18.7 Å². The first kappa shape index (κ1) is 24.9. The van der Waals surface area contributed by atoms with Crippen LogP contribution in [-0.4, -0.2) is 71.1 Å². The number of carbonyl (C=O) groups is 1. The molecule has 0 saturated carbocycles. The van der Waals surface area contributed by atoms with Crippen molar-refractivity contribution < 1.29 is 18.3 Å². The lowest BCUT2D eigenvalue weighted by Crippen LogP contribution is -2.48. The molecule has 194 valence electrons. The molecule has 0 bridgehead atoms. The van der Waals surface area contributed by atoms with E-state index in [1.165, 1.54) is 6.07 Å². The minimum Gasteiger partial charge on any atom is -0.486 e. The number of fused-ring (bicyclic) bond motifs is 1. The summed E-state index contributed by atoms with van der Waals surface area (Å²) >= 11 is 0. The zero-order chi connectivity index (χ0) is 26.1. The van der Waals surface area contributed by atoms with Crippen molar-refractivity contribution in [3.05, 3.63) is 59.8 Å². The van der Waals surface area contributed by atoms with E-state index in [0.717, 1.165) is 30.7 Å². The predicted molar refractivity (Wildman–Crippen MR) is 137 cm³/mol. The molecule has 2 aliphatic rings. The minimum absolute atomic E-state index is 0.0425. The van der Waals surface area contributed by atoms with Crippen molar-refractivity contribution >= 4 is 17.3 Å². The number of amides is 1. The number of benzene rings is 1. The van der Waals surface area contributed by atoms with Gasteiger partial charge in [0, 0.05) is 50.4 Å². The molecule has 8 nitrogen and oxygen atoms in total. The summed E-state index contributed by atoms with van der Waals surface area (Å²) in [7, 11) is 0. The minimum atomic E-state index is -0.621. The van der Waals surface area contributed by atoms with Gasteiger partial charge in [-0.1, -0.05) is 0 Å². The molecule has 4 heterocycles. The summed E-state index contributed by atoms with van der Waals surface area (Å²) in [5.74, 6) is -0.495. The molecule has 0 atom stereocenters. The summed E-state index contributed by atoms with van der Waals surface area (Å²) in [5, 5.41) is 0. The maximum atomic E-state index is 14.9. The molecular formula is C27H30F2N6O2. The second kappa shape index (κ2) is 10.3. The number of halogens is 2. The maximum Gasteiger partial charge on any atom is 0.219 e. The Hall–Kier alpha value is -3.82. The van der Waals surface area contributed by atoms with Crippen LogP contribution in [0.25, 0.3) is 11.3 Å². The van der Waals surface area contributed by atoms with Gasteiger partial charge >= 0.3 is 0 Å². The van der Waals surface area contributed by atoms with Gasteiger partial charge in [-0.05, 0) is 38.1 Å². The molecule has 3 aromatic rings. The number of pyridine rings is 1. The molecule has 2 aliphatic heterocycles. The van der Waals surface area contributed by atoms with Crippen LogP contribution in [0.4, 0.5) is 20.2 Å². The van der Waals surface area contributed by atoms with E-state index in [1.54, 1.807) is 19.2 Å². The first-order valence-corrected chi connectivity index (χ1v) is 12.5. The summed E-state index contributed by atoms with van der Waals surface area (Å²) in [6, 6.07) is 7.00. The van der Waals surface area contributed by atoms with Gasteiger partial charge in [0.1, 0.15) is 18.1 Å². The molecule has 10 heteroatoms. The van der Waals surface area contributed by atoms with Crippen LogP contribution >= 0.6 is 0 Å². The van der Waals surface area contributed by atoms with E-state index in [2.05, 4.69) is 19.9 Å². The van der Waals surface area contributed by atoms with Gasteiger partial charge in [0.25, 0.3) is 0 Å². The molecule has 0 N–H and O–H groups in total. The van der Waals surface area contributed by atoms with Crippen molar-refractivity contribution in [2.24, 2.45) is 0 Å². The number of rotatable bonds is 5. The molecule has 0 spiro atoms. The number of nitrogens with zero attached hydrogens (tertiary/aromatic N) is 6. The molecule has 0 unspecified atom stereocenters. The molecule has 0 radical (unpaired) electrons.